The third-order valence-corrected chi connectivity index (χ3v) is 2.27. The van der Waals surface area contributed by atoms with Crippen LogP contribution in [-0.2, 0) is 0 Å². The number of rotatable bonds is 4. The van der Waals surface area contributed by atoms with E-state index in [1.54, 1.807) is 7.05 Å². The maximum atomic E-state index is 12.0. The zero-order valence-corrected chi connectivity index (χ0v) is 9.78. The fourth-order valence-corrected chi connectivity index (χ4v) is 1.38. The van der Waals surface area contributed by atoms with Crippen molar-refractivity contribution in [3.8, 4) is 0 Å². The summed E-state index contributed by atoms with van der Waals surface area (Å²) in [5.41, 5.74) is -0.180. The van der Waals surface area contributed by atoms with Crippen LogP contribution < -0.4 is 10.6 Å². The Labute approximate surface area is 106 Å². The SMILES string of the molecule is CNc1cc(C(=O)Nc2cnoc2)c([N+](=O)[O-])cn1. The third kappa shape index (κ3) is 2.65. The summed E-state index contributed by atoms with van der Waals surface area (Å²) in [4.78, 5) is 26.0. The molecule has 0 fully saturated rings. The van der Waals surface area contributed by atoms with Gasteiger partial charge in [-0.2, -0.15) is 0 Å². The van der Waals surface area contributed by atoms with Gasteiger partial charge in [-0.25, -0.2) is 4.98 Å². The van der Waals surface area contributed by atoms with Crippen LogP contribution in [0.5, 0.6) is 0 Å². The van der Waals surface area contributed by atoms with E-state index in [0.29, 0.717) is 11.5 Å². The molecule has 2 aromatic rings. The largest absolute Gasteiger partial charge is 0.373 e. The number of anilines is 2. The molecule has 0 aliphatic heterocycles. The summed E-state index contributed by atoms with van der Waals surface area (Å²) in [7, 11) is 1.59. The molecule has 0 saturated heterocycles. The Morgan fingerprint density at radius 2 is 2.26 bits per heavy atom. The molecule has 0 saturated carbocycles. The maximum Gasteiger partial charge on any atom is 0.300 e. The molecule has 98 valence electrons. The lowest BCUT2D eigenvalue weighted by molar-refractivity contribution is -0.385. The number of aromatic nitrogens is 2. The Hall–Kier alpha value is -2.97. The molecule has 2 N–H and O–H groups in total. The number of carbonyl (C=O) groups excluding carboxylic acids is 1. The second-order valence-electron chi connectivity index (χ2n) is 3.46. The Morgan fingerprint density at radius 1 is 1.47 bits per heavy atom. The van der Waals surface area contributed by atoms with Gasteiger partial charge in [-0.1, -0.05) is 5.16 Å². The Kier molecular flexibility index (Phi) is 3.37. The second-order valence-corrected chi connectivity index (χ2v) is 3.46. The van der Waals surface area contributed by atoms with Gasteiger partial charge in [-0.15, -0.1) is 0 Å². The van der Waals surface area contributed by atoms with Crippen LogP contribution in [0.1, 0.15) is 10.4 Å². The van der Waals surface area contributed by atoms with Crippen molar-refractivity contribution in [3.63, 3.8) is 0 Å². The quantitative estimate of drug-likeness (QED) is 0.628. The molecule has 2 rings (SSSR count). The van der Waals surface area contributed by atoms with Crippen molar-refractivity contribution >= 4 is 23.1 Å². The van der Waals surface area contributed by atoms with Gasteiger partial charge in [-0.3, -0.25) is 14.9 Å². The summed E-state index contributed by atoms with van der Waals surface area (Å²) >= 11 is 0. The summed E-state index contributed by atoms with van der Waals surface area (Å²) in [6.45, 7) is 0. The van der Waals surface area contributed by atoms with Gasteiger partial charge in [0.25, 0.3) is 11.6 Å². The van der Waals surface area contributed by atoms with Crippen molar-refractivity contribution in [1.29, 1.82) is 0 Å². The summed E-state index contributed by atoms with van der Waals surface area (Å²) in [5.74, 6) is -0.296. The highest BCUT2D eigenvalue weighted by Gasteiger charge is 2.22. The van der Waals surface area contributed by atoms with Crippen LogP contribution in [-0.4, -0.2) is 28.0 Å². The average molecular weight is 263 g/mol. The highest BCUT2D eigenvalue weighted by molar-refractivity contribution is 6.07. The molecule has 9 heteroatoms. The molecular weight excluding hydrogens is 254 g/mol. The first-order chi connectivity index (χ1) is 9.11. The zero-order chi connectivity index (χ0) is 13.8. The zero-order valence-electron chi connectivity index (χ0n) is 9.78. The topological polar surface area (TPSA) is 123 Å². The monoisotopic (exact) mass is 263 g/mol. The van der Waals surface area contributed by atoms with E-state index < -0.39 is 10.8 Å². The minimum Gasteiger partial charge on any atom is -0.373 e. The molecule has 0 unspecified atom stereocenters. The molecule has 0 atom stereocenters. The number of carbonyl (C=O) groups is 1. The summed E-state index contributed by atoms with van der Waals surface area (Å²) in [6, 6.07) is 1.29. The molecule has 0 aromatic carbocycles. The number of nitro groups is 1. The maximum absolute atomic E-state index is 12.0. The minimum absolute atomic E-state index is 0.106. The van der Waals surface area contributed by atoms with Crippen molar-refractivity contribution in [2.45, 2.75) is 0 Å². The first kappa shape index (κ1) is 12.5. The van der Waals surface area contributed by atoms with E-state index in [4.69, 9.17) is 0 Å². The third-order valence-electron chi connectivity index (χ3n) is 2.27. The van der Waals surface area contributed by atoms with Gasteiger partial charge >= 0.3 is 0 Å². The average Bonchev–Trinajstić information content (AvgIpc) is 2.90. The van der Waals surface area contributed by atoms with Crippen LogP contribution >= 0.6 is 0 Å². The van der Waals surface area contributed by atoms with E-state index in [2.05, 4.69) is 25.3 Å². The number of pyridine rings is 1. The predicted octanol–water partition coefficient (Wildman–Crippen LogP) is 1.27. The van der Waals surface area contributed by atoms with Gasteiger partial charge in [-0.05, 0) is 0 Å². The van der Waals surface area contributed by atoms with Crippen molar-refractivity contribution < 1.29 is 14.2 Å². The van der Waals surface area contributed by atoms with E-state index in [9.17, 15) is 14.9 Å². The smallest absolute Gasteiger partial charge is 0.300 e. The number of hydrogen-bond donors (Lipinski definition) is 2. The standard InChI is InChI=1S/C10H9N5O4/c1-11-9-2-7(8(4-12-9)15(17)18)10(16)14-6-3-13-19-5-6/h2-5H,1H3,(H,11,12)(H,14,16). The van der Waals surface area contributed by atoms with E-state index in [1.807, 2.05) is 0 Å². The molecule has 9 nitrogen and oxygen atoms in total. The van der Waals surface area contributed by atoms with Gasteiger partial charge in [0.2, 0.25) is 0 Å². The van der Waals surface area contributed by atoms with Crippen LogP contribution in [0, 0.1) is 10.1 Å². The highest BCUT2D eigenvalue weighted by atomic mass is 16.6. The number of nitrogens with one attached hydrogen (secondary N) is 2. The Morgan fingerprint density at radius 3 is 2.84 bits per heavy atom. The van der Waals surface area contributed by atoms with Gasteiger partial charge in [0.1, 0.15) is 29.5 Å². The molecule has 0 bridgehead atoms. The van der Waals surface area contributed by atoms with E-state index in [1.165, 1.54) is 18.5 Å². The van der Waals surface area contributed by atoms with Crippen molar-refractivity contribution in [3.05, 3.63) is 40.4 Å². The molecule has 2 aromatic heterocycles. The molecule has 2 heterocycles. The van der Waals surface area contributed by atoms with Crippen LogP contribution in [0.4, 0.5) is 17.2 Å². The van der Waals surface area contributed by atoms with Gasteiger partial charge < -0.3 is 15.2 Å². The van der Waals surface area contributed by atoms with Crippen LogP contribution in [0.3, 0.4) is 0 Å². The summed E-state index contributed by atoms with van der Waals surface area (Å²) in [5, 5.41) is 19.4. The van der Waals surface area contributed by atoms with Gasteiger partial charge in [0.15, 0.2) is 0 Å². The second kappa shape index (κ2) is 5.12. The predicted molar refractivity (Wildman–Crippen MR) is 64.9 cm³/mol. The van der Waals surface area contributed by atoms with Crippen molar-refractivity contribution in [2.24, 2.45) is 0 Å². The van der Waals surface area contributed by atoms with Gasteiger partial charge in [0.05, 0.1) is 11.1 Å². The van der Waals surface area contributed by atoms with E-state index in [-0.39, 0.29) is 11.3 Å². The van der Waals surface area contributed by atoms with E-state index >= 15 is 0 Å². The molecular formula is C10H9N5O4. The normalized spacial score (nSPS) is 9.95. The lowest BCUT2D eigenvalue weighted by Crippen LogP contribution is -2.14. The summed E-state index contributed by atoms with van der Waals surface area (Å²) in [6.07, 6.45) is 3.52. The number of amides is 1. The number of hydrogen-bond acceptors (Lipinski definition) is 7. The molecule has 1 amide bonds. The lowest BCUT2D eigenvalue weighted by atomic mass is 10.2. The van der Waals surface area contributed by atoms with Crippen molar-refractivity contribution in [2.75, 3.05) is 17.7 Å². The molecule has 0 aliphatic rings. The minimum atomic E-state index is -0.672. The van der Waals surface area contributed by atoms with Crippen molar-refractivity contribution in [1.82, 2.24) is 10.1 Å². The lowest BCUT2D eigenvalue weighted by Gasteiger charge is -2.05. The number of nitrogens with zero attached hydrogens (tertiary/aromatic N) is 3. The fourth-order valence-electron chi connectivity index (χ4n) is 1.38. The molecule has 0 aliphatic carbocycles. The van der Waals surface area contributed by atoms with Crippen LogP contribution in [0.2, 0.25) is 0 Å². The first-order valence-corrected chi connectivity index (χ1v) is 5.14. The summed E-state index contributed by atoms with van der Waals surface area (Å²) < 4.78 is 4.55. The molecule has 0 spiro atoms. The van der Waals surface area contributed by atoms with Crippen LogP contribution in [0.15, 0.2) is 29.2 Å². The molecule has 0 radical (unpaired) electrons. The Bertz CT molecular complexity index is 610. The fraction of sp³-hybridized carbons (Fsp3) is 0.100. The van der Waals surface area contributed by atoms with Gasteiger partial charge in [0, 0.05) is 13.1 Å². The highest BCUT2D eigenvalue weighted by Crippen LogP contribution is 2.21. The Balaban J connectivity index is 2.35. The first-order valence-electron chi connectivity index (χ1n) is 5.14. The van der Waals surface area contributed by atoms with Crippen LogP contribution in [0.25, 0.3) is 0 Å². The molecule has 19 heavy (non-hydrogen) atoms. The van der Waals surface area contributed by atoms with E-state index in [0.717, 1.165) is 6.20 Å².